The molecule has 2 N–H and O–H groups in total. The molecule has 3 rings (SSSR count). The van der Waals surface area contributed by atoms with Crippen LogP contribution in [0.15, 0.2) is 42.5 Å². The molecule has 1 unspecified atom stereocenters. The van der Waals surface area contributed by atoms with Gasteiger partial charge >= 0.3 is 0 Å². The van der Waals surface area contributed by atoms with Crippen molar-refractivity contribution in [2.24, 2.45) is 5.92 Å². The molecule has 1 atom stereocenters. The lowest BCUT2D eigenvalue weighted by Gasteiger charge is -2.32. The molecule has 0 radical (unpaired) electrons. The Hall–Kier alpha value is -2.03. The minimum Gasteiger partial charge on any atom is -0.399 e. The van der Waals surface area contributed by atoms with E-state index in [9.17, 15) is 0 Å². The Bertz CT molecular complexity index is 594. The molecule has 1 aromatic carbocycles. The largest absolute Gasteiger partial charge is 0.399 e. The number of nitrogens with two attached hydrogens (primary N) is 1. The molecule has 0 amide bonds. The van der Waals surface area contributed by atoms with Crippen LogP contribution in [-0.4, -0.2) is 18.1 Å². The van der Waals surface area contributed by atoms with Crippen LogP contribution >= 0.6 is 0 Å². The van der Waals surface area contributed by atoms with Gasteiger partial charge in [-0.2, -0.15) is 0 Å². The van der Waals surface area contributed by atoms with Crippen LogP contribution in [-0.2, 0) is 0 Å². The number of nitrogens with zero attached hydrogens (tertiary/aromatic N) is 2. The second kappa shape index (κ2) is 5.53. The first-order valence-electron chi connectivity index (χ1n) is 7.30. The number of pyridine rings is 1. The number of nitrogen functional groups attached to an aromatic ring is 1. The Balaban J connectivity index is 1.89. The van der Waals surface area contributed by atoms with Gasteiger partial charge in [-0.3, -0.25) is 0 Å². The van der Waals surface area contributed by atoms with Crippen molar-refractivity contribution in [1.82, 2.24) is 4.98 Å². The monoisotopic (exact) mass is 267 g/mol. The van der Waals surface area contributed by atoms with E-state index in [2.05, 4.69) is 30.0 Å². The highest BCUT2D eigenvalue weighted by Gasteiger charge is 2.17. The smallest absolute Gasteiger partial charge is 0.129 e. The van der Waals surface area contributed by atoms with Gasteiger partial charge in [0.05, 0.1) is 5.69 Å². The first kappa shape index (κ1) is 13.0. The molecule has 0 saturated carbocycles. The van der Waals surface area contributed by atoms with Gasteiger partial charge in [-0.1, -0.05) is 25.1 Å². The van der Waals surface area contributed by atoms with Crippen molar-refractivity contribution < 1.29 is 0 Å². The van der Waals surface area contributed by atoms with E-state index < -0.39 is 0 Å². The van der Waals surface area contributed by atoms with E-state index in [-0.39, 0.29) is 0 Å². The van der Waals surface area contributed by atoms with Crippen molar-refractivity contribution >= 4 is 11.5 Å². The van der Waals surface area contributed by atoms with Gasteiger partial charge in [0, 0.05) is 24.3 Å². The fourth-order valence-electron chi connectivity index (χ4n) is 2.86. The van der Waals surface area contributed by atoms with Crippen LogP contribution in [0, 0.1) is 5.92 Å². The number of piperidine rings is 1. The fraction of sp³-hybridized carbons (Fsp3) is 0.353. The third-order valence-corrected chi connectivity index (χ3v) is 3.90. The standard InChI is InChI=1S/C17H21N3/c1-13-5-4-10-20(12-13)17-9-3-8-16(19-17)14-6-2-7-15(18)11-14/h2-3,6-9,11,13H,4-5,10,12,18H2,1H3. The van der Waals surface area contributed by atoms with Gasteiger partial charge in [-0.05, 0) is 43.0 Å². The predicted octanol–water partition coefficient (Wildman–Crippen LogP) is 3.57. The molecule has 104 valence electrons. The Labute approximate surface area is 120 Å². The zero-order chi connectivity index (χ0) is 13.9. The number of anilines is 2. The summed E-state index contributed by atoms with van der Waals surface area (Å²) in [5, 5.41) is 0. The molecule has 1 aliphatic rings. The Kier molecular flexibility index (Phi) is 3.59. The van der Waals surface area contributed by atoms with Gasteiger partial charge in [0.15, 0.2) is 0 Å². The summed E-state index contributed by atoms with van der Waals surface area (Å²) in [7, 11) is 0. The molecule has 1 saturated heterocycles. The zero-order valence-electron chi connectivity index (χ0n) is 11.9. The van der Waals surface area contributed by atoms with E-state index in [1.165, 1.54) is 12.8 Å². The summed E-state index contributed by atoms with van der Waals surface area (Å²) in [5.41, 5.74) is 8.71. The van der Waals surface area contributed by atoms with Crippen LogP contribution in [0.4, 0.5) is 11.5 Å². The molecule has 0 spiro atoms. The lowest BCUT2D eigenvalue weighted by molar-refractivity contribution is 0.444. The van der Waals surface area contributed by atoms with Gasteiger partial charge in [-0.25, -0.2) is 4.98 Å². The molecule has 1 aromatic heterocycles. The topological polar surface area (TPSA) is 42.1 Å². The molecule has 0 bridgehead atoms. The van der Waals surface area contributed by atoms with E-state index in [4.69, 9.17) is 10.7 Å². The van der Waals surface area contributed by atoms with Crippen LogP contribution in [0.1, 0.15) is 19.8 Å². The molecule has 1 fully saturated rings. The molecule has 3 nitrogen and oxygen atoms in total. The maximum atomic E-state index is 5.86. The summed E-state index contributed by atoms with van der Waals surface area (Å²) in [4.78, 5) is 7.21. The number of benzene rings is 1. The van der Waals surface area contributed by atoms with Crippen LogP contribution in [0.25, 0.3) is 11.3 Å². The molecular formula is C17H21N3. The summed E-state index contributed by atoms with van der Waals surface area (Å²) in [6, 6.07) is 14.1. The van der Waals surface area contributed by atoms with Crippen LogP contribution < -0.4 is 10.6 Å². The lowest BCUT2D eigenvalue weighted by Crippen LogP contribution is -2.34. The molecule has 0 aliphatic carbocycles. The molecular weight excluding hydrogens is 246 g/mol. The summed E-state index contributed by atoms with van der Waals surface area (Å²) < 4.78 is 0. The van der Waals surface area contributed by atoms with Crippen molar-refractivity contribution in [3.8, 4) is 11.3 Å². The Morgan fingerprint density at radius 1 is 1.20 bits per heavy atom. The SMILES string of the molecule is CC1CCCN(c2cccc(-c3cccc(N)c3)n2)C1. The third-order valence-electron chi connectivity index (χ3n) is 3.90. The number of aromatic nitrogens is 1. The summed E-state index contributed by atoms with van der Waals surface area (Å²) in [6.45, 7) is 4.53. The second-order valence-electron chi connectivity index (χ2n) is 5.70. The van der Waals surface area contributed by atoms with Crippen molar-refractivity contribution in [2.75, 3.05) is 23.7 Å². The highest BCUT2D eigenvalue weighted by Crippen LogP contribution is 2.25. The van der Waals surface area contributed by atoms with E-state index in [1.807, 2.05) is 24.3 Å². The highest BCUT2D eigenvalue weighted by atomic mass is 15.2. The molecule has 3 heteroatoms. The number of rotatable bonds is 2. The van der Waals surface area contributed by atoms with Gasteiger partial charge in [-0.15, -0.1) is 0 Å². The average Bonchev–Trinajstić information content (AvgIpc) is 2.47. The average molecular weight is 267 g/mol. The number of hydrogen-bond donors (Lipinski definition) is 1. The number of hydrogen-bond acceptors (Lipinski definition) is 3. The molecule has 2 aromatic rings. The fourth-order valence-corrected chi connectivity index (χ4v) is 2.86. The van der Waals surface area contributed by atoms with E-state index >= 15 is 0 Å². The van der Waals surface area contributed by atoms with E-state index in [1.54, 1.807) is 0 Å². The van der Waals surface area contributed by atoms with Crippen molar-refractivity contribution in [2.45, 2.75) is 19.8 Å². The van der Waals surface area contributed by atoms with Crippen LogP contribution in [0.3, 0.4) is 0 Å². The second-order valence-corrected chi connectivity index (χ2v) is 5.70. The van der Waals surface area contributed by atoms with Crippen molar-refractivity contribution in [3.05, 3.63) is 42.5 Å². The predicted molar refractivity (Wildman–Crippen MR) is 84.7 cm³/mol. The van der Waals surface area contributed by atoms with Gasteiger partial charge < -0.3 is 10.6 Å². The van der Waals surface area contributed by atoms with Gasteiger partial charge in [0.1, 0.15) is 5.82 Å². The van der Waals surface area contributed by atoms with Crippen molar-refractivity contribution in [1.29, 1.82) is 0 Å². The first-order valence-corrected chi connectivity index (χ1v) is 7.30. The lowest BCUT2D eigenvalue weighted by atomic mass is 10.0. The third kappa shape index (κ3) is 2.77. The molecule has 1 aliphatic heterocycles. The van der Waals surface area contributed by atoms with Gasteiger partial charge in [0.25, 0.3) is 0 Å². The van der Waals surface area contributed by atoms with E-state index in [0.29, 0.717) is 0 Å². The summed E-state index contributed by atoms with van der Waals surface area (Å²) in [6.07, 6.45) is 2.58. The minimum absolute atomic E-state index is 0.751. The maximum absolute atomic E-state index is 5.86. The normalized spacial score (nSPS) is 19.1. The Morgan fingerprint density at radius 3 is 2.85 bits per heavy atom. The van der Waals surface area contributed by atoms with Crippen LogP contribution in [0.5, 0.6) is 0 Å². The van der Waals surface area contributed by atoms with Crippen LogP contribution in [0.2, 0.25) is 0 Å². The minimum atomic E-state index is 0.751. The summed E-state index contributed by atoms with van der Waals surface area (Å²) >= 11 is 0. The molecule has 2 heterocycles. The summed E-state index contributed by atoms with van der Waals surface area (Å²) in [5.74, 6) is 1.83. The Morgan fingerprint density at radius 2 is 2.05 bits per heavy atom. The van der Waals surface area contributed by atoms with E-state index in [0.717, 1.165) is 41.8 Å². The first-order chi connectivity index (χ1) is 9.72. The quantitative estimate of drug-likeness (QED) is 0.846. The van der Waals surface area contributed by atoms with Crippen molar-refractivity contribution in [3.63, 3.8) is 0 Å². The zero-order valence-corrected chi connectivity index (χ0v) is 11.9. The highest BCUT2D eigenvalue weighted by molar-refractivity contribution is 5.65. The maximum Gasteiger partial charge on any atom is 0.129 e. The molecule has 20 heavy (non-hydrogen) atoms. The van der Waals surface area contributed by atoms with Gasteiger partial charge in [0.2, 0.25) is 0 Å².